The van der Waals surface area contributed by atoms with Crippen LogP contribution in [0.4, 0.5) is 0 Å². The molecule has 0 unspecified atom stereocenters. The molecule has 0 atom stereocenters. The molecule has 1 aromatic rings. The first-order chi connectivity index (χ1) is 5.33. The molecular formula is C8H10O2S. The Labute approximate surface area is 69.8 Å². The van der Waals surface area contributed by atoms with Crippen molar-refractivity contribution < 1.29 is 9.53 Å². The fourth-order valence-electron chi connectivity index (χ4n) is 0.697. The van der Waals surface area contributed by atoms with Crippen LogP contribution in [0, 0.1) is 0 Å². The van der Waals surface area contributed by atoms with Crippen molar-refractivity contribution in [3.8, 4) is 5.75 Å². The lowest BCUT2D eigenvalue weighted by molar-refractivity contribution is -0.134. The lowest BCUT2D eigenvalue weighted by Crippen LogP contribution is -2.05. The fraction of sp³-hybridized carbons (Fsp3) is 0.375. The Morgan fingerprint density at radius 1 is 1.73 bits per heavy atom. The highest BCUT2D eigenvalue weighted by molar-refractivity contribution is 7.08. The zero-order valence-electron chi connectivity index (χ0n) is 6.37. The first kappa shape index (κ1) is 8.27. The third kappa shape index (κ3) is 2.72. The number of carbonyl (C=O) groups is 1. The first-order valence-electron chi connectivity index (χ1n) is 3.56. The summed E-state index contributed by atoms with van der Waals surface area (Å²) >= 11 is 1.52. The molecule has 0 saturated heterocycles. The van der Waals surface area contributed by atoms with Crippen LogP contribution in [0.15, 0.2) is 16.8 Å². The number of ether oxygens (including phenoxy) is 1. The van der Waals surface area contributed by atoms with Gasteiger partial charge in [0.05, 0.1) is 0 Å². The molecule has 0 bridgehead atoms. The van der Waals surface area contributed by atoms with Gasteiger partial charge in [0.1, 0.15) is 5.75 Å². The minimum absolute atomic E-state index is 0.147. The largest absolute Gasteiger partial charge is 0.426 e. The topological polar surface area (TPSA) is 26.3 Å². The van der Waals surface area contributed by atoms with Gasteiger partial charge in [-0.15, -0.1) is 11.3 Å². The van der Waals surface area contributed by atoms with E-state index in [1.54, 1.807) is 6.07 Å². The Morgan fingerprint density at radius 2 is 2.55 bits per heavy atom. The quantitative estimate of drug-likeness (QED) is 0.651. The van der Waals surface area contributed by atoms with E-state index in [2.05, 4.69) is 0 Å². The second-order valence-corrected chi connectivity index (χ2v) is 2.96. The van der Waals surface area contributed by atoms with Gasteiger partial charge in [-0.25, -0.2) is 0 Å². The fourth-order valence-corrected chi connectivity index (χ4v) is 1.25. The van der Waals surface area contributed by atoms with Gasteiger partial charge >= 0.3 is 5.97 Å². The number of rotatable bonds is 3. The maximum absolute atomic E-state index is 10.9. The van der Waals surface area contributed by atoms with Gasteiger partial charge in [-0.1, -0.05) is 6.92 Å². The minimum atomic E-state index is -0.147. The Balaban J connectivity index is 2.37. The molecule has 1 heterocycles. The van der Waals surface area contributed by atoms with Crippen molar-refractivity contribution in [1.29, 1.82) is 0 Å². The van der Waals surface area contributed by atoms with E-state index in [9.17, 15) is 4.79 Å². The highest BCUT2D eigenvalue weighted by Gasteiger charge is 2.01. The monoisotopic (exact) mass is 170 g/mol. The SMILES string of the molecule is CCCC(=O)Oc1ccsc1. The normalized spacial score (nSPS) is 9.55. The first-order valence-corrected chi connectivity index (χ1v) is 4.50. The van der Waals surface area contributed by atoms with Crippen LogP contribution in [0.1, 0.15) is 19.8 Å². The van der Waals surface area contributed by atoms with Gasteiger partial charge in [0.25, 0.3) is 0 Å². The summed E-state index contributed by atoms with van der Waals surface area (Å²) in [5.74, 6) is 0.513. The van der Waals surface area contributed by atoms with Crippen molar-refractivity contribution in [2.45, 2.75) is 19.8 Å². The highest BCUT2D eigenvalue weighted by atomic mass is 32.1. The molecule has 3 heteroatoms. The molecule has 0 saturated carbocycles. The highest BCUT2D eigenvalue weighted by Crippen LogP contribution is 2.15. The Bertz CT molecular complexity index is 216. The average molecular weight is 170 g/mol. The van der Waals surface area contributed by atoms with E-state index < -0.39 is 0 Å². The summed E-state index contributed by atoms with van der Waals surface area (Å²) in [5, 5.41) is 3.70. The molecule has 0 N–H and O–H groups in total. The summed E-state index contributed by atoms with van der Waals surface area (Å²) in [6.07, 6.45) is 1.33. The zero-order valence-corrected chi connectivity index (χ0v) is 7.19. The molecule has 0 aliphatic heterocycles. The number of thiophene rings is 1. The predicted octanol–water partition coefficient (Wildman–Crippen LogP) is 2.45. The maximum Gasteiger partial charge on any atom is 0.311 e. The Hall–Kier alpha value is -0.830. The van der Waals surface area contributed by atoms with Gasteiger partial charge < -0.3 is 4.74 Å². The lowest BCUT2D eigenvalue weighted by atomic mass is 10.3. The van der Waals surface area contributed by atoms with Crippen LogP contribution in [0.2, 0.25) is 0 Å². The van der Waals surface area contributed by atoms with E-state index in [0.29, 0.717) is 12.2 Å². The van der Waals surface area contributed by atoms with Crippen LogP contribution in [0.3, 0.4) is 0 Å². The molecule has 0 aliphatic carbocycles. The molecule has 2 nitrogen and oxygen atoms in total. The number of hydrogen-bond acceptors (Lipinski definition) is 3. The molecule has 0 amide bonds. The standard InChI is InChI=1S/C8H10O2S/c1-2-3-8(9)10-7-4-5-11-6-7/h4-6H,2-3H2,1H3. The second kappa shape index (κ2) is 4.13. The third-order valence-electron chi connectivity index (χ3n) is 1.18. The molecule has 0 aliphatic rings. The predicted molar refractivity (Wildman–Crippen MR) is 44.9 cm³/mol. The summed E-state index contributed by atoms with van der Waals surface area (Å²) < 4.78 is 4.97. The van der Waals surface area contributed by atoms with Crippen molar-refractivity contribution in [2.24, 2.45) is 0 Å². The van der Waals surface area contributed by atoms with Crippen molar-refractivity contribution >= 4 is 17.3 Å². The van der Waals surface area contributed by atoms with Crippen LogP contribution >= 0.6 is 11.3 Å². The third-order valence-corrected chi connectivity index (χ3v) is 1.84. The van der Waals surface area contributed by atoms with E-state index in [1.165, 1.54) is 11.3 Å². The Kier molecular flexibility index (Phi) is 3.11. The van der Waals surface area contributed by atoms with Crippen LogP contribution in [0.5, 0.6) is 5.75 Å². The van der Waals surface area contributed by atoms with E-state index in [-0.39, 0.29) is 5.97 Å². The number of hydrogen-bond donors (Lipinski definition) is 0. The molecule has 0 aromatic carbocycles. The molecule has 1 rings (SSSR count). The van der Waals surface area contributed by atoms with Crippen molar-refractivity contribution in [2.75, 3.05) is 0 Å². The van der Waals surface area contributed by atoms with Crippen molar-refractivity contribution in [1.82, 2.24) is 0 Å². The summed E-state index contributed by atoms with van der Waals surface area (Å²) in [5.41, 5.74) is 0. The van der Waals surface area contributed by atoms with E-state index in [1.807, 2.05) is 17.7 Å². The smallest absolute Gasteiger partial charge is 0.311 e. The minimum Gasteiger partial charge on any atom is -0.426 e. The summed E-state index contributed by atoms with van der Waals surface area (Å²) in [6.45, 7) is 1.95. The van der Waals surface area contributed by atoms with Crippen LogP contribution in [0.25, 0.3) is 0 Å². The summed E-state index contributed by atoms with van der Waals surface area (Å²) in [4.78, 5) is 10.9. The van der Waals surface area contributed by atoms with Crippen LogP contribution < -0.4 is 4.74 Å². The lowest BCUT2D eigenvalue weighted by Gasteiger charge is -1.97. The van der Waals surface area contributed by atoms with Crippen molar-refractivity contribution in [3.63, 3.8) is 0 Å². The van der Waals surface area contributed by atoms with Gasteiger partial charge in [0.15, 0.2) is 0 Å². The molecule has 11 heavy (non-hydrogen) atoms. The van der Waals surface area contributed by atoms with E-state index >= 15 is 0 Å². The van der Waals surface area contributed by atoms with Crippen molar-refractivity contribution in [3.05, 3.63) is 16.8 Å². The van der Waals surface area contributed by atoms with E-state index in [4.69, 9.17) is 4.74 Å². The number of esters is 1. The second-order valence-electron chi connectivity index (χ2n) is 2.18. The summed E-state index contributed by atoms with van der Waals surface area (Å²) in [6, 6.07) is 1.79. The zero-order chi connectivity index (χ0) is 8.10. The average Bonchev–Trinajstić information content (AvgIpc) is 2.40. The van der Waals surface area contributed by atoms with Gasteiger partial charge in [0.2, 0.25) is 0 Å². The summed E-state index contributed by atoms with van der Waals surface area (Å²) in [7, 11) is 0. The van der Waals surface area contributed by atoms with Gasteiger partial charge in [-0.05, 0) is 17.9 Å². The van der Waals surface area contributed by atoms with Gasteiger partial charge in [-0.3, -0.25) is 4.79 Å². The van der Waals surface area contributed by atoms with E-state index in [0.717, 1.165) is 6.42 Å². The number of carbonyl (C=O) groups excluding carboxylic acids is 1. The van der Waals surface area contributed by atoms with Crippen LogP contribution in [-0.2, 0) is 4.79 Å². The molecule has 60 valence electrons. The Morgan fingerprint density at radius 3 is 3.09 bits per heavy atom. The molecular weight excluding hydrogens is 160 g/mol. The molecule has 0 spiro atoms. The van der Waals surface area contributed by atoms with Gasteiger partial charge in [-0.2, -0.15) is 0 Å². The van der Waals surface area contributed by atoms with Gasteiger partial charge in [0, 0.05) is 11.8 Å². The molecule has 1 aromatic heterocycles. The molecule has 0 radical (unpaired) electrons. The maximum atomic E-state index is 10.9. The van der Waals surface area contributed by atoms with Crippen LogP contribution in [-0.4, -0.2) is 5.97 Å². The molecule has 0 fully saturated rings.